The second-order valence-corrected chi connectivity index (χ2v) is 6.16. The summed E-state index contributed by atoms with van der Waals surface area (Å²) < 4.78 is 0. The molecular formula is C15H26N4O. The van der Waals surface area contributed by atoms with Gasteiger partial charge in [-0.25, -0.2) is 0 Å². The minimum absolute atomic E-state index is 0.0637. The summed E-state index contributed by atoms with van der Waals surface area (Å²) in [6, 6.07) is 2.74. The molecule has 2 aliphatic rings. The third kappa shape index (κ3) is 2.97. The number of likely N-dealkylation sites (tertiary alicyclic amines) is 1. The smallest absolute Gasteiger partial charge is 0.237 e. The monoisotopic (exact) mass is 278 g/mol. The molecule has 1 aliphatic heterocycles. The van der Waals surface area contributed by atoms with Gasteiger partial charge >= 0.3 is 0 Å². The fourth-order valence-corrected chi connectivity index (χ4v) is 3.55. The van der Waals surface area contributed by atoms with Gasteiger partial charge in [-0.15, -0.1) is 0 Å². The first-order valence-corrected chi connectivity index (χ1v) is 7.75. The molecule has 2 rings (SSSR count). The van der Waals surface area contributed by atoms with Crippen LogP contribution in [0.5, 0.6) is 0 Å². The maximum atomic E-state index is 12.5. The molecular weight excluding hydrogens is 252 g/mol. The highest BCUT2D eigenvalue weighted by Gasteiger charge is 2.39. The largest absolute Gasteiger partial charge is 0.329 e. The van der Waals surface area contributed by atoms with Gasteiger partial charge in [-0.2, -0.15) is 5.26 Å². The van der Waals surface area contributed by atoms with E-state index in [9.17, 15) is 10.1 Å². The molecule has 1 saturated carbocycles. The molecule has 112 valence electrons. The third-order valence-electron chi connectivity index (χ3n) is 5.01. The highest BCUT2D eigenvalue weighted by molar-refractivity contribution is 5.79. The molecule has 0 aromatic rings. The maximum absolute atomic E-state index is 12.5. The summed E-state index contributed by atoms with van der Waals surface area (Å²) in [6.07, 6.45) is 7.07. The quantitative estimate of drug-likeness (QED) is 0.835. The van der Waals surface area contributed by atoms with E-state index in [0.717, 1.165) is 45.1 Å². The lowest BCUT2D eigenvalue weighted by Gasteiger charge is -2.40. The van der Waals surface area contributed by atoms with Crippen LogP contribution >= 0.6 is 0 Å². The van der Waals surface area contributed by atoms with Crippen molar-refractivity contribution in [2.24, 2.45) is 5.73 Å². The second kappa shape index (κ2) is 6.55. The predicted molar refractivity (Wildman–Crippen MR) is 77.8 cm³/mol. The van der Waals surface area contributed by atoms with Crippen molar-refractivity contribution in [2.45, 2.75) is 56.5 Å². The Morgan fingerprint density at radius 1 is 1.40 bits per heavy atom. The predicted octanol–water partition coefficient (Wildman–Crippen LogP) is 1.09. The van der Waals surface area contributed by atoms with Crippen molar-refractivity contribution in [1.29, 1.82) is 5.26 Å². The Balaban J connectivity index is 1.99. The second-order valence-electron chi connectivity index (χ2n) is 6.16. The number of amides is 1. The number of likely N-dealkylation sites (N-methyl/N-ethyl adjacent to an activating group) is 1. The van der Waals surface area contributed by atoms with E-state index in [1.54, 1.807) is 11.9 Å². The van der Waals surface area contributed by atoms with Crippen LogP contribution in [0, 0.1) is 11.3 Å². The number of rotatable bonds is 4. The Kier molecular flexibility index (Phi) is 5.00. The zero-order valence-corrected chi connectivity index (χ0v) is 12.5. The Morgan fingerprint density at radius 3 is 2.70 bits per heavy atom. The van der Waals surface area contributed by atoms with E-state index in [0.29, 0.717) is 19.1 Å². The fraction of sp³-hybridized carbons (Fsp3) is 0.867. The van der Waals surface area contributed by atoms with Gasteiger partial charge in [0, 0.05) is 19.6 Å². The van der Waals surface area contributed by atoms with Crippen LogP contribution in [0.15, 0.2) is 0 Å². The van der Waals surface area contributed by atoms with Crippen LogP contribution in [0.1, 0.15) is 44.9 Å². The first-order chi connectivity index (χ1) is 9.63. The molecule has 5 nitrogen and oxygen atoms in total. The minimum atomic E-state index is -0.576. The third-order valence-corrected chi connectivity index (χ3v) is 5.01. The SMILES string of the molecule is CN(C(=O)CN1CCCC1CN)C1(C#N)CCCCC1. The minimum Gasteiger partial charge on any atom is -0.329 e. The normalized spacial score (nSPS) is 26.1. The average Bonchev–Trinajstić information content (AvgIpc) is 2.94. The summed E-state index contributed by atoms with van der Waals surface area (Å²) in [4.78, 5) is 16.4. The first-order valence-electron chi connectivity index (χ1n) is 7.75. The highest BCUT2D eigenvalue weighted by atomic mass is 16.2. The van der Waals surface area contributed by atoms with E-state index in [1.165, 1.54) is 6.42 Å². The number of nitrogens with two attached hydrogens (primary N) is 1. The van der Waals surface area contributed by atoms with E-state index >= 15 is 0 Å². The van der Waals surface area contributed by atoms with Gasteiger partial charge in [0.1, 0.15) is 5.54 Å². The van der Waals surface area contributed by atoms with Crippen LogP contribution < -0.4 is 5.73 Å². The van der Waals surface area contributed by atoms with E-state index < -0.39 is 5.54 Å². The molecule has 2 fully saturated rings. The number of carbonyl (C=O) groups excluding carboxylic acids is 1. The molecule has 0 spiro atoms. The van der Waals surface area contributed by atoms with Crippen LogP contribution in [-0.2, 0) is 4.79 Å². The Labute approximate surface area is 121 Å². The molecule has 20 heavy (non-hydrogen) atoms. The molecule has 1 amide bonds. The van der Waals surface area contributed by atoms with Crippen LogP contribution in [0.3, 0.4) is 0 Å². The molecule has 5 heteroatoms. The van der Waals surface area contributed by atoms with Crippen LogP contribution in [-0.4, -0.2) is 54.0 Å². The summed E-state index contributed by atoms with van der Waals surface area (Å²) in [7, 11) is 1.80. The Hall–Kier alpha value is -1.12. The molecule has 1 saturated heterocycles. The molecule has 0 bridgehead atoms. The molecule has 1 atom stereocenters. The lowest BCUT2D eigenvalue weighted by atomic mass is 9.81. The average molecular weight is 278 g/mol. The summed E-state index contributed by atoms with van der Waals surface area (Å²) in [6.45, 7) is 1.96. The number of hydrogen-bond donors (Lipinski definition) is 1. The molecule has 0 aromatic carbocycles. The molecule has 1 aliphatic carbocycles. The lowest BCUT2D eigenvalue weighted by molar-refractivity contribution is -0.136. The standard InChI is InChI=1S/C15H26N4O/c1-18(15(12-17)7-3-2-4-8-15)14(20)11-19-9-5-6-13(19)10-16/h13H,2-11,16H2,1H3. The van der Waals surface area contributed by atoms with Crippen molar-refractivity contribution in [3.8, 4) is 6.07 Å². The van der Waals surface area contributed by atoms with Crippen LogP contribution in [0.2, 0.25) is 0 Å². The van der Waals surface area contributed by atoms with Gasteiger partial charge in [0.15, 0.2) is 0 Å². The van der Waals surface area contributed by atoms with Gasteiger partial charge in [0.2, 0.25) is 5.91 Å². The summed E-state index contributed by atoms with van der Waals surface area (Å²) in [5.74, 6) is 0.0637. The molecule has 2 N–H and O–H groups in total. The van der Waals surface area contributed by atoms with Crippen molar-refractivity contribution in [3.05, 3.63) is 0 Å². The van der Waals surface area contributed by atoms with Crippen molar-refractivity contribution >= 4 is 5.91 Å². The molecule has 1 heterocycles. The van der Waals surface area contributed by atoms with Gasteiger partial charge in [-0.05, 0) is 32.2 Å². The number of nitriles is 1. The van der Waals surface area contributed by atoms with Crippen molar-refractivity contribution < 1.29 is 4.79 Å². The van der Waals surface area contributed by atoms with Gasteiger partial charge in [-0.1, -0.05) is 19.3 Å². The van der Waals surface area contributed by atoms with Gasteiger partial charge < -0.3 is 10.6 Å². The van der Waals surface area contributed by atoms with Crippen LogP contribution in [0.25, 0.3) is 0 Å². The van der Waals surface area contributed by atoms with E-state index in [4.69, 9.17) is 5.73 Å². The Morgan fingerprint density at radius 2 is 2.10 bits per heavy atom. The lowest BCUT2D eigenvalue weighted by Crippen LogP contribution is -2.53. The van der Waals surface area contributed by atoms with Crippen molar-refractivity contribution in [2.75, 3.05) is 26.7 Å². The summed E-state index contributed by atoms with van der Waals surface area (Å²) in [5, 5.41) is 9.54. The topological polar surface area (TPSA) is 73.4 Å². The first kappa shape index (κ1) is 15.3. The van der Waals surface area contributed by atoms with Crippen molar-refractivity contribution in [1.82, 2.24) is 9.80 Å². The fourth-order valence-electron chi connectivity index (χ4n) is 3.55. The zero-order valence-electron chi connectivity index (χ0n) is 12.5. The maximum Gasteiger partial charge on any atom is 0.237 e. The number of nitrogens with zero attached hydrogens (tertiary/aromatic N) is 3. The van der Waals surface area contributed by atoms with Gasteiger partial charge in [0.25, 0.3) is 0 Å². The molecule has 0 aromatic heterocycles. The summed E-state index contributed by atoms with van der Waals surface area (Å²) >= 11 is 0. The number of hydrogen-bond acceptors (Lipinski definition) is 4. The van der Waals surface area contributed by atoms with Crippen molar-refractivity contribution in [3.63, 3.8) is 0 Å². The Bertz CT molecular complexity index is 384. The molecule has 0 radical (unpaired) electrons. The van der Waals surface area contributed by atoms with Gasteiger partial charge in [-0.3, -0.25) is 9.69 Å². The van der Waals surface area contributed by atoms with Gasteiger partial charge in [0.05, 0.1) is 12.6 Å². The molecule has 1 unspecified atom stereocenters. The van der Waals surface area contributed by atoms with E-state index in [2.05, 4.69) is 11.0 Å². The van der Waals surface area contributed by atoms with E-state index in [1.807, 2.05) is 0 Å². The highest BCUT2D eigenvalue weighted by Crippen LogP contribution is 2.32. The summed E-state index contributed by atoms with van der Waals surface area (Å²) in [5.41, 5.74) is 5.18. The van der Waals surface area contributed by atoms with E-state index in [-0.39, 0.29) is 5.91 Å². The zero-order chi connectivity index (χ0) is 14.6. The van der Waals surface area contributed by atoms with Crippen LogP contribution in [0.4, 0.5) is 0 Å². The number of carbonyl (C=O) groups is 1.